The molecule has 60 nitrogen and oxygen atoms in total. The molecule has 0 unspecified atom stereocenters. The average Bonchev–Trinajstić information content (AvgIpc) is 0.744. The summed E-state index contributed by atoms with van der Waals surface area (Å²) in [6.45, 7) is -8.62. The predicted octanol–water partition coefficient (Wildman–Crippen LogP) is -52.0. The maximum absolute atomic E-state index is 12.9. The van der Waals surface area contributed by atoms with Crippen LogP contribution >= 0.6 is 0 Å². The second kappa shape index (κ2) is 63.0. The van der Waals surface area contributed by atoms with Crippen molar-refractivity contribution in [3.63, 3.8) is 0 Å². The van der Waals surface area contributed by atoms with Gasteiger partial charge in [0.15, 0.2) is 43.5 Å². The van der Waals surface area contributed by atoms with Crippen molar-refractivity contribution in [1.29, 1.82) is 0 Å². The molecule has 4 aliphatic rings. The second-order valence-electron chi connectivity index (χ2n) is 20.1. The molecule has 624 valence electrons. The molecular weight excluding hydrogens is 2060 g/mol. The van der Waals surface area contributed by atoms with Crippen LogP contribution in [-0.4, -0.2) is 324 Å². The molecule has 0 aliphatic carbocycles. The van der Waals surface area contributed by atoms with Gasteiger partial charge >= 0.3 is 384 Å². The molecule has 0 aromatic rings. The maximum Gasteiger partial charge on any atom is 1.00 e. The van der Waals surface area contributed by atoms with E-state index in [4.69, 9.17) is 37.9 Å². The molecule has 4 aliphatic heterocycles. The van der Waals surface area contributed by atoms with Crippen molar-refractivity contribution in [2.75, 3.05) is 33.0 Å². The molecule has 4 heterocycles. The van der Waals surface area contributed by atoms with Crippen LogP contribution in [0.3, 0.4) is 0 Å². The largest absolute Gasteiger partial charge is 1.00 e. The number of hydrogen-bond acceptors (Lipinski definition) is 60. The molecule has 118 heavy (non-hydrogen) atoms. The van der Waals surface area contributed by atoms with Crippen molar-refractivity contribution in [2.24, 2.45) is 0 Å². The summed E-state index contributed by atoms with van der Waals surface area (Å²) in [4.78, 5) is 0. The van der Waals surface area contributed by atoms with Gasteiger partial charge in [0, 0.05) is 6.61 Å². The first kappa shape index (κ1) is 149. The normalized spacial score (nSPS) is 28.1. The zero-order valence-corrected chi connectivity index (χ0v) is 99.7. The minimum absolute atomic E-state index is 0. The first-order chi connectivity index (χ1) is 47.1. The van der Waals surface area contributed by atoms with E-state index >= 15 is 0 Å². The zero-order valence-electron chi connectivity index (χ0n) is 63.1. The molecule has 0 bridgehead atoms. The third-order valence-corrected chi connectivity index (χ3v) is 18.4. The summed E-state index contributed by atoms with van der Waals surface area (Å²) in [5.41, 5.74) is 0. The smallest absolute Gasteiger partial charge is 0.726 e. The van der Waals surface area contributed by atoms with Gasteiger partial charge in [-0.2, -0.15) is 0 Å². The molecule has 4 rings (SSSR count). The summed E-state index contributed by atoms with van der Waals surface area (Å²) in [7, 11) is -87.7. The Bertz CT molecular complexity index is 4550. The minimum atomic E-state index is -7.20. The monoisotopic (exact) mass is 2100 g/mol. The zero-order chi connectivity index (χ0) is 80.7. The number of ether oxygens (including phenoxy) is 8. The summed E-state index contributed by atoms with van der Waals surface area (Å²) >= 11 is 0. The standard InChI is InChI=1S/C32H58O60S13.13Na/c1-2-3-4-5-6-7-8-72-29-25(23(88-101(57,58)59)19(86-99(51,52)53)15(77-29)11-75-95(39,40)41)83-31-27(91-104(66,67)68)22(18(85-98(48,49)50)14(79-31)10-74-94(36,37)38)81-30-26(90-103(63,64)65)21(17(84-97(45,46)47)13(78-30)9-73-93(33,34)35)82-32-28(92-105(69,70)71)24(89-102(60,61)62)20(87-100(54,55)56)16(80-32)12-76-96(42,43)44;;;;;;;;;;;;;/h13-32H,2-12H2,1H3,(H,33,34,35)(H,36,37,38)(H,39,40,41)(H,42,43,44)(H,45,46,47)(H,48,49,50)(H,51,52,53)(H,54,55,56)(H,57,58,59)(H,60,61,62)(H,63,64,65)(H,66,67,68)(H,69,70,71);;;;;;;;;;;;;/q;13*+1/p-13/t13-,14-,15-,16-,17-,18-,19-,20-,21+,22+,23+,24+,25+,26+,27+,28+,29+,30-,31-,32-;;;;;;;;;;;;;/m1............./s1. The third-order valence-electron chi connectivity index (χ3n) is 12.6. The quantitative estimate of drug-likeness (QED) is 0.0237. The van der Waals surface area contributed by atoms with E-state index in [1.165, 1.54) is 0 Å². The van der Waals surface area contributed by atoms with Crippen LogP contribution in [0.5, 0.6) is 0 Å². The van der Waals surface area contributed by atoms with E-state index in [1.54, 1.807) is 6.92 Å². The minimum Gasteiger partial charge on any atom is -0.726 e. The van der Waals surface area contributed by atoms with Gasteiger partial charge in [0.1, 0.15) is 79.4 Å². The summed E-state index contributed by atoms with van der Waals surface area (Å²) in [6.07, 6.45) is -73.4. The molecule has 0 saturated carbocycles. The van der Waals surface area contributed by atoms with E-state index in [9.17, 15) is 169 Å². The predicted molar refractivity (Wildman–Crippen MR) is 282 cm³/mol. The Hall–Kier alpha value is 11.0. The van der Waals surface area contributed by atoms with Crippen molar-refractivity contribution in [3.8, 4) is 0 Å². The number of rotatable bonds is 44. The molecule has 0 amide bonds. The van der Waals surface area contributed by atoms with Crippen LogP contribution in [0.15, 0.2) is 0 Å². The van der Waals surface area contributed by atoms with E-state index < -0.39 is 291 Å². The molecule has 0 N–H and O–H groups in total. The van der Waals surface area contributed by atoms with Crippen LogP contribution in [0.4, 0.5) is 0 Å². The topological polar surface area (TPSA) is 937 Å². The second-order valence-corrected chi connectivity index (χ2v) is 33.4. The van der Waals surface area contributed by atoms with E-state index in [-0.39, 0.29) is 397 Å². The Morgan fingerprint density at radius 1 is 0.212 bits per heavy atom. The van der Waals surface area contributed by atoms with Crippen molar-refractivity contribution < 1.29 is 645 Å². The van der Waals surface area contributed by atoms with E-state index in [0.29, 0.717) is 25.7 Å². The average molecular weight is 2110 g/mol. The number of unbranched alkanes of at least 4 members (excludes halogenated alkanes) is 5. The van der Waals surface area contributed by atoms with E-state index in [1.807, 2.05) is 0 Å². The first-order valence-electron chi connectivity index (χ1n) is 26.4. The Morgan fingerprint density at radius 3 is 0.619 bits per heavy atom. The molecule has 4 saturated heterocycles. The van der Waals surface area contributed by atoms with Gasteiger partial charge < -0.3 is 97.1 Å². The fourth-order valence-electron chi connectivity index (χ4n) is 9.33. The van der Waals surface area contributed by atoms with Crippen molar-refractivity contribution in [1.82, 2.24) is 0 Å². The van der Waals surface area contributed by atoms with Crippen LogP contribution < -0.4 is 384 Å². The SMILES string of the molecule is CCCCCCCCO[C@H]1O[C@H](COS(=O)(=O)[O-])[C@@H](OS(=O)(=O)[O-])[C@H](OS(=O)(=O)[O-])[C@@H]1O[C@H]1O[C@H](COS(=O)(=O)[O-])[C@@H](OS(=O)(=O)[O-])[C@H](O[C@H]2O[C@H](COS(=O)(=O)[O-])[C@@H](OS(=O)(=O)[O-])[C@H](O[C@H]3O[C@H](COS(=O)(=O)[O-])[C@@H](OS(=O)(=O)[O-])[C@H](OS(=O)(=O)[O-])[C@@H]3OS(=O)(=O)[O-])[C@@H]2OS(=O)(=O)[O-])[C@@H]1OS(=O)(=O)[O-].[Na+].[Na+].[Na+].[Na+].[Na+].[Na+].[Na+].[Na+].[Na+].[Na+].[Na+].[Na+].[Na+]. The van der Waals surface area contributed by atoms with Crippen molar-refractivity contribution >= 4 is 135 Å². The van der Waals surface area contributed by atoms with Gasteiger partial charge in [-0.3, -0.25) is 54.4 Å². The molecule has 86 heteroatoms. The van der Waals surface area contributed by atoms with Gasteiger partial charge in [0.2, 0.25) is 135 Å². The summed E-state index contributed by atoms with van der Waals surface area (Å²) in [5.74, 6) is 0. The van der Waals surface area contributed by atoms with E-state index in [0.717, 1.165) is 0 Å². The Kier molecular flexibility index (Phi) is 79.7. The Balaban J connectivity index is -0.00000112. The number of hydrogen-bond donors (Lipinski definition) is 0. The van der Waals surface area contributed by atoms with Gasteiger partial charge in [0.05, 0.1) is 26.4 Å². The van der Waals surface area contributed by atoms with Crippen LogP contribution in [0.1, 0.15) is 45.4 Å². The summed E-state index contributed by atoms with van der Waals surface area (Å²) < 4.78 is 573. The first-order valence-corrected chi connectivity index (χ1v) is 43.8. The van der Waals surface area contributed by atoms with E-state index in [2.05, 4.69) is 54.4 Å². The maximum atomic E-state index is 12.9. The summed E-state index contributed by atoms with van der Waals surface area (Å²) in [5, 5.41) is 0. The van der Waals surface area contributed by atoms with Crippen molar-refractivity contribution in [3.05, 3.63) is 0 Å². The van der Waals surface area contributed by atoms with Gasteiger partial charge in [-0.05, 0) is 6.42 Å². The third kappa shape index (κ3) is 61.5. The van der Waals surface area contributed by atoms with Gasteiger partial charge in [-0.1, -0.05) is 39.0 Å². The van der Waals surface area contributed by atoms with Gasteiger partial charge in [0.25, 0.3) is 0 Å². The van der Waals surface area contributed by atoms with Crippen LogP contribution in [0.2, 0.25) is 0 Å². The van der Waals surface area contributed by atoms with Gasteiger partial charge in [-0.25, -0.2) is 109 Å². The fourth-order valence-corrected chi connectivity index (χ4v) is 15.0. The Labute approximate surface area is 963 Å². The van der Waals surface area contributed by atoms with Crippen LogP contribution in [0, 0.1) is 0 Å². The molecule has 0 radical (unpaired) electrons. The van der Waals surface area contributed by atoms with Crippen LogP contribution in [-0.2, 0) is 227 Å². The molecular formula is C32H45Na13O60S13. The molecule has 4 fully saturated rings. The molecule has 0 aromatic carbocycles. The summed E-state index contributed by atoms with van der Waals surface area (Å²) in [6, 6.07) is 0. The fraction of sp³-hybridized carbons (Fsp3) is 1.00. The molecule has 0 aromatic heterocycles. The van der Waals surface area contributed by atoms with Gasteiger partial charge in [-0.15, -0.1) is 0 Å². The molecule has 20 atom stereocenters. The van der Waals surface area contributed by atoms with Crippen molar-refractivity contribution in [2.45, 2.75) is 168 Å². The Morgan fingerprint density at radius 2 is 0.390 bits per heavy atom. The molecule has 0 spiro atoms. The van der Waals surface area contributed by atoms with Crippen LogP contribution in [0.25, 0.3) is 0 Å².